The predicted octanol–water partition coefficient (Wildman–Crippen LogP) is 2.48. The number of carbonyl (C=O) groups is 2. The molecular weight excluding hydrogens is 354 g/mol. The van der Waals surface area contributed by atoms with Crippen molar-refractivity contribution in [1.29, 1.82) is 0 Å². The number of aliphatic carboxylic acids is 1. The number of amides is 1. The molecule has 26 heavy (non-hydrogen) atoms. The summed E-state index contributed by atoms with van der Waals surface area (Å²) in [6, 6.07) is 0. The van der Waals surface area contributed by atoms with E-state index in [1.54, 1.807) is 18.4 Å². The fourth-order valence-electron chi connectivity index (χ4n) is 3.23. The molecule has 0 saturated heterocycles. The van der Waals surface area contributed by atoms with Crippen LogP contribution in [0, 0.1) is 6.92 Å². The summed E-state index contributed by atoms with van der Waals surface area (Å²) in [5, 5.41) is 12.4. The summed E-state index contributed by atoms with van der Waals surface area (Å²) in [5.41, 5.74) is -0.876. The number of carboxylic acid groups (broad SMARTS) is 1. The first-order chi connectivity index (χ1) is 12.3. The summed E-state index contributed by atoms with van der Waals surface area (Å²) < 4.78 is 1.73. The van der Waals surface area contributed by atoms with Crippen molar-refractivity contribution in [2.45, 2.75) is 65.0 Å². The molecule has 140 valence electrons. The van der Waals surface area contributed by atoms with Crippen molar-refractivity contribution in [2.75, 3.05) is 0 Å². The minimum Gasteiger partial charge on any atom is -0.480 e. The SMILES string of the molecule is CCC(C)(NC(=O)c1sc2nc3n(c(=O)c2c1C)CCCCC3)C(=O)O. The van der Waals surface area contributed by atoms with Gasteiger partial charge in [-0.15, -0.1) is 11.3 Å². The topological polar surface area (TPSA) is 101 Å². The molecule has 0 radical (unpaired) electrons. The van der Waals surface area contributed by atoms with Gasteiger partial charge in [0.05, 0.1) is 10.3 Å². The molecule has 0 spiro atoms. The maximum atomic E-state index is 12.9. The van der Waals surface area contributed by atoms with Crippen molar-refractivity contribution in [1.82, 2.24) is 14.9 Å². The fourth-order valence-corrected chi connectivity index (χ4v) is 4.31. The van der Waals surface area contributed by atoms with Crippen molar-refractivity contribution < 1.29 is 14.7 Å². The maximum Gasteiger partial charge on any atom is 0.329 e. The second kappa shape index (κ2) is 6.83. The van der Waals surface area contributed by atoms with Crippen LogP contribution in [0.1, 0.15) is 60.6 Å². The van der Waals surface area contributed by atoms with Crippen LogP contribution >= 0.6 is 11.3 Å². The van der Waals surface area contributed by atoms with Crippen LogP contribution in [-0.4, -0.2) is 32.1 Å². The lowest BCUT2D eigenvalue weighted by atomic mass is 9.99. The molecule has 7 nitrogen and oxygen atoms in total. The molecule has 2 aromatic heterocycles. The Balaban J connectivity index is 2.07. The van der Waals surface area contributed by atoms with E-state index in [0.717, 1.165) is 42.8 Å². The van der Waals surface area contributed by atoms with Crippen LogP contribution in [0.25, 0.3) is 10.2 Å². The third-order valence-electron chi connectivity index (χ3n) is 5.19. The van der Waals surface area contributed by atoms with Gasteiger partial charge in [0.2, 0.25) is 0 Å². The van der Waals surface area contributed by atoms with Gasteiger partial charge in [0.1, 0.15) is 16.2 Å². The Kier molecular flexibility index (Phi) is 4.88. The number of aromatic nitrogens is 2. The number of hydrogen-bond donors (Lipinski definition) is 2. The lowest BCUT2D eigenvalue weighted by Gasteiger charge is -2.24. The van der Waals surface area contributed by atoms with Crippen LogP contribution in [0.2, 0.25) is 0 Å². The van der Waals surface area contributed by atoms with Crippen LogP contribution in [0.15, 0.2) is 4.79 Å². The summed E-state index contributed by atoms with van der Waals surface area (Å²) in [6.07, 6.45) is 4.05. The first kappa shape index (κ1) is 18.6. The van der Waals surface area contributed by atoms with E-state index in [2.05, 4.69) is 10.3 Å². The largest absolute Gasteiger partial charge is 0.480 e. The van der Waals surface area contributed by atoms with Gasteiger partial charge >= 0.3 is 5.97 Å². The van der Waals surface area contributed by atoms with E-state index < -0.39 is 17.4 Å². The summed E-state index contributed by atoms with van der Waals surface area (Å²) >= 11 is 1.16. The Labute approximate surface area is 155 Å². The molecule has 3 heterocycles. The minimum atomic E-state index is -1.35. The van der Waals surface area contributed by atoms with Crippen molar-refractivity contribution in [2.24, 2.45) is 0 Å². The highest BCUT2D eigenvalue weighted by molar-refractivity contribution is 7.20. The van der Waals surface area contributed by atoms with E-state index in [0.29, 0.717) is 27.2 Å². The highest BCUT2D eigenvalue weighted by Crippen LogP contribution is 2.29. The average Bonchev–Trinajstić information content (AvgIpc) is 2.77. The van der Waals surface area contributed by atoms with Crippen LogP contribution < -0.4 is 10.9 Å². The lowest BCUT2D eigenvalue weighted by Crippen LogP contribution is -2.51. The molecule has 1 aliphatic heterocycles. The number of aryl methyl sites for hydroxylation is 2. The molecule has 8 heteroatoms. The normalized spacial score (nSPS) is 16.6. The van der Waals surface area contributed by atoms with Gasteiger partial charge in [-0.3, -0.25) is 14.2 Å². The van der Waals surface area contributed by atoms with Crippen LogP contribution in [0.5, 0.6) is 0 Å². The zero-order valence-electron chi connectivity index (χ0n) is 15.2. The quantitative estimate of drug-likeness (QED) is 0.852. The molecule has 1 aliphatic rings. The number of rotatable bonds is 4. The number of nitrogens with one attached hydrogen (secondary N) is 1. The zero-order chi connectivity index (χ0) is 19.1. The maximum absolute atomic E-state index is 12.9. The van der Waals surface area contributed by atoms with E-state index in [1.807, 2.05) is 0 Å². The second-order valence-electron chi connectivity index (χ2n) is 6.98. The zero-order valence-corrected chi connectivity index (χ0v) is 16.0. The van der Waals surface area contributed by atoms with Gasteiger partial charge in [0.25, 0.3) is 11.5 Å². The van der Waals surface area contributed by atoms with E-state index in [9.17, 15) is 19.5 Å². The molecule has 3 rings (SSSR count). The summed E-state index contributed by atoms with van der Waals surface area (Å²) in [6.45, 7) is 5.56. The third kappa shape index (κ3) is 3.02. The number of hydrogen-bond acceptors (Lipinski definition) is 5. The Morgan fingerprint density at radius 1 is 1.35 bits per heavy atom. The van der Waals surface area contributed by atoms with Crippen LogP contribution in [0.4, 0.5) is 0 Å². The lowest BCUT2D eigenvalue weighted by molar-refractivity contribution is -0.143. The Hall–Kier alpha value is -2.22. The standard InChI is InChI=1S/C18H23N3O4S/c1-4-18(3,17(24)25)20-14(22)13-10(2)12-15(26-13)19-11-8-6-5-7-9-21(11)16(12)23/h4-9H2,1-3H3,(H,20,22)(H,24,25). The molecule has 1 unspecified atom stereocenters. The minimum absolute atomic E-state index is 0.101. The Bertz CT molecular complexity index is 946. The molecular formula is C18H23N3O4S. The van der Waals surface area contributed by atoms with Crippen LogP contribution in [-0.2, 0) is 17.8 Å². The molecule has 0 fully saturated rings. The van der Waals surface area contributed by atoms with Crippen molar-refractivity contribution >= 4 is 33.4 Å². The van der Waals surface area contributed by atoms with Gasteiger partial charge < -0.3 is 10.4 Å². The number of thiophene rings is 1. The van der Waals surface area contributed by atoms with Gasteiger partial charge in [-0.25, -0.2) is 9.78 Å². The number of nitrogens with zero attached hydrogens (tertiary/aromatic N) is 2. The molecule has 2 aromatic rings. The Morgan fingerprint density at radius 2 is 2.08 bits per heavy atom. The number of carbonyl (C=O) groups excluding carboxylic acids is 1. The predicted molar refractivity (Wildman–Crippen MR) is 100.0 cm³/mol. The van der Waals surface area contributed by atoms with Crippen molar-refractivity contribution in [3.05, 3.63) is 26.6 Å². The van der Waals surface area contributed by atoms with Gasteiger partial charge in [-0.2, -0.15) is 0 Å². The smallest absolute Gasteiger partial charge is 0.329 e. The van der Waals surface area contributed by atoms with Crippen LogP contribution in [0.3, 0.4) is 0 Å². The van der Waals surface area contributed by atoms with E-state index in [4.69, 9.17) is 0 Å². The van der Waals surface area contributed by atoms with E-state index >= 15 is 0 Å². The summed E-state index contributed by atoms with van der Waals surface area (Å²) in [7, 11) is 0. The molecule has 0 bridgehead atoms. The fraction of sp³-hybridized carbons (Fsp3) is 0.556. The third-order valence-corrected chi connectivity index (χ3v) is 6.37. The van der Waals surface area contributed by atoms with Gasteiger partial charge in [0.15, 0.2) is 0 Å². The van der Waals surface area contributed by atoms with Crippen molar-refractivity contribution in [3.8, 4) is 0 Å². The highest BCUT2D eigenvalue weighted by Gasteiger charge is 2.34. The Morgan fingerprint density at radius 3 is 2.73 bits per heavy atom. The van der Waals surface area contributed by atoms with Crippen molar-refractivity contribution in [3.63, 3.8) is 0 Å². The number of carboxylic acids is 1. The first-order valence-corrected chi connectivity index (χ1v) is 9.69. The van der Waals surface area contributed by atoms with Gasteiger partial charge in [-0.05, 0) is 38.7 Å². The molecule has 0 saturated carbocycles. The first-order valence-electron chi connectivity index (χ1n) is 8.87. The van der Waals surface area contributed by atoms with E-state index in [1.165, 1.54) is 6.92 Å². The summed E-state index contributed by atoms with van der Waals surface area (Å²) in [5.74, 6) is -0.786. The second-order valence-corrected chi connectivity index (χ2v) is 7.98. The molecule has 1 atom stereocenters. The highest BCUT2D eigenvalue weighted by atomic mass is 32.1. The molecule has 1 amide bonds. The average molecular weight is 377 g/mol. The summed E-state index contributed by atoms with van der Waals surface area (Å²) in [4.78, 5) is 42.6. The molecule has 0 aliphatic carbocycles. The molecule has 2 N–H and O–H groups in total. The molecule has 0 aromatic carbocycles. The number of fused-ring (bicyclic) bond motifs is 2. The monoisotopic (exact) mass is 377 g/mol. The van der Waals surface area contributed by atoms with Gasteiger partial charge in [0, 0.05) is 13.0 Å². The van der Waals surface area contributed by atoms with E-state index in [-0.39, 0.29) is 12.0 Å². The van der Waals surface area contributed by atoms with Gasteiger partial charge in [-0.1, -0.05) is 13.3 Å².